The van der Waals surface area contributed by atoms with E-state index >= 15 is 0 Å². The number of hydrogen-bond donors (Lipinski definition) is 2. The lowest BCUT2D eigenvalue weighted by molar-refractivity contribution is 0.390. The van der Waals surface area contributed by atoms with Crippen LogP contribution < -0.4 is 11.1 Å². The zero-order valence-corrected chi connectivity index (χ0v) is 6.49. The Morgan fingerprint density at radius 3 is 2.44 bits per heavy atom. The molecule has 4 heteroatoms. The SMILES string of the molecule is NC1CC(Cl)CC(Cl)N1. The third kappa shape index (κ3) is 2.30. The van der Waals surface area contributed by atoms with E-state index in [-0.39, 0.29) is 17.0 Å². The van der Waals surface area contributed by atoms with Gasteiger partial charge < -0.3 is 5.73 Å². The van der Waals surface area contributed by atoms with Crippen molar-refractivity contribution in [1.82, 2.24) is 5.32 Å². The molecule has 1 heterocycles. The molecule has 0 aromatic heterocycles. The summed E-state index contributed by atoms with van der Waals surface area (Å²) in [6, 6.07) is 0. The van der Waals surface area contributed by atoms with E-state index in [9.17, 15) is 0 Å². The average molecular weight is 169 g/mol. The van der Waals surface area contributed by atoms with Crippen LogP contribution in [0.1, 0.15) is 12.8 Å². The second-order valence-electron chi connectivity index (χ2n) is 2.31. The lowest BCUT2D eigenvalue weighted by Crippen LogP contribution is -2.48. The first kappa shape index (κ1) is 7.61. The number of halogens is 2. The maximum absolute atomic E-state index is 5.80. The Hall–Kier alpha value is 0.500. The van der Waals surface area contributed by atoms with Gasteiger partial charge in [-0.3, -0.25) is 5.32 Å². The van der Waals surface area contributed by atoms with Crippen LogP contribution in [0.4, 0.5) is 0 Å². The lowest BCUT2D eigenvalue weighted by Gasteiger charge is -2.27. The van der Waals surface area contributed by atoms with Crippen LogP contribution in [0, 0.1) is 0 Å². The summed E-state index contributed by atoms with van der Waals surface area (Å²) in [4.78, 5) is 0. The predicted molar refractivity (Wildman–Crippen MR) is 39.6 cm³/mol. The minimum Gasteiger partial charge on any atom is -0.316 e. The Balaban J connectivity index is 2.34. The Labute approximate surface area is 64.7 Å². The minimum atomic E-state index is -0.0451. The molecule has 1 aliphatic rings. The number of nitrogens with one attached hydrogen (secondary N) is 1. The fourth-order valence-corrected chi connectivity index (χ4v) is 1.80. The first-order valence-corrected chi connectivity index (χ1v) is 3.85. The van der Waals surface area contributed by atoms with Crippen molar-refractivity contribution >= 4 is 23.2 Å². The van der Waals surface area contributed by atoms with Crippen LogP contribution in [0.2, 0.25) is 0 Å². The van der Waals surface area contributed by atoms with E-state index in [1.165, 1.54) is 0 Å². The monoisotopic (exact) mass is 168 g/mol. The lowest BCUT2D eigenvalue weighted by atomic mass is 10.1. The van der Waals surface area contributed by atoms with Crippen LogP contribution >= 0.6 is 23.2 Å². The summed E-state index contributed by atoms with van der Waals surface area (Å²) in [6.07, 6.45) is 1.59. The van der Waals surface area contributed by atoms with Gasteiger partial charge in [-0.1, -0.05) is 0 Å². The molecule has 3 atom stereocenters. The highest BCUT2D eigenvalue weighted by Crippen LogP contribution is 2.18. The smallest absolute Gasteiger partial charge is 0.0851 e. The zero-order chi connectivity index (χ0) is 6.85. The van der Waals surface area contributed by atoms with Gasteiger partial charge in [-0.2, -0.15) is 0 Å². The van der Waals surface area contributed by atoms with E-state index in [1.54, 1.807) is 0 Å². The largest absolute Gasteiger partial charge is 0.316 e. The van der Waals surface area contributed by atoms with Crippen LogP contribution in [0.15, 0.2) is 0 Å². The third-order valence-electron chi connectivity index (χ3n) is 1.37. The van der Waals surface area contributed by atoms with E-state index in [0.717, 1.165) is 12.8 Å². The molecule has 0 amide bonds. The minimum absolute atomic E-state index is 0.0243. The summed E-state index contributed by atoms with van der Waals surface area (Å²) in [5.74, 6) is 0. The molecule has 0 aromatic rings. The maximum Gasteiger partial charge on any atom is 0.0851 e. The Bertz CT molecular complexity index is 73.9. The highest BCUT2D eigenvalue weighted by atomic mass is 35.5. The van der Waals surface area contributed by atoms with Gasteiger partial charge >= 0.3 is 0 Å². The fourth-order valence-electron chi connectivity index (χ4n) is 0.965. The van der Waals surface area contributed by atoms with Crippen molar-refractivity contribution < 1.29 is 0 Å². The summed E-state index contributed by atoms with van der Waals surface area (Å²) in [7, 11) is 0. The highest BCUT2D eigenvalue weighted by molar-refractivity contribution is 6.23. The van der Waals surface area contributed by atoms with Crippen molar-refractivity contribution in [2.45, 2.75) is 29.9 Å². The van der Waals surface area contributed by atoms with Crippen molar-refractivity contribution in [3.05, 3.63) is 0 Å². The van der Waals surface area contributed by atoms with Crippen molar-refractivity contribution in [3.63, 3.8) is 0 Å². The Kier molecular flexibility index (Phi) is 2.59. The molecule has 1 rings (SSSR count). The van der Waals surface area contributed by atoms with Gasteiger partial charge in [0.2, 0.25) is 0 Å². The average Bonchev–Trinajstić information content (AvgIpc) is 1.59. The quantitative estimate of drug-likeness (QED) is 0.416. The van der Waals surface area contributed by atoms with Crippen LogP contribution in [0.3, 0.4) is 0 Å². The Morgan fingerprint density at radius 1 is 1.33 bits per heavy atom. The molecular formula is C5H10Cl2N2. The summed E-state index contributed by atoms with van der Waals surface area (Å²) in [5, 5.41) is 3.11. The molecule has 2 nitrogen and oxygen atoms in total. The van der Waals surface area contributed by atoms with Gasteiger partial charge in [-0.15, -0.1) is 23.2 Å². The molecule has 1 fully saturated rings. The summed E-state index contributed by atoms with van der Waals surface area (Å²) in [6.45, 7) is 0. The predicted octanol–water partition coefficient (Wildman–Crippen LogP) is 0.827. The number of alkyl halides is 2. The molecule has 3 N–H and O–H groups in total. The highest BCUT2D eigenvalue weighted by Gasteiger charge is 2.22. The van der Waals surface area contributed by atoms with E-state index < -0.39 is 0 Å². The number of rotatable bonds is 0. The molecule has 1 saturated heterocycles. The Morgan fingerprint density at radius 2 is 2.00 bits per heavy atom. The van der Waals surface area contributed by atoms with Crippen LogP contribution in [-0.2, 0) is 0 Å². The zero-order valence-electron chi connectivity index (χ0n) is 4.98. The van der Waals surface area contributed by atoms with Crippen molar-refractivity contribution in [2.24, 2.45) is 5.73 Å². The maximum atomic E-state index is 5.80. The van der Waals surface area contributed by atoms with E-state index in [4.69, 9.17) is 28.9 Å². The van der Waals surface area contributed by atoms with Crippen molar-refractivity contribution in [1.29, 1.82) is 0 Å². The van der Waals surface area contributed by atoms with Gasteiger partial charge in [-0.05, 0) is 12.8 Å². The number of nitrogens with two attached hydrogens (primary N) is 1. The van der Waals surface area contributed by atoms with Gasteiger partial charge in [0.25, 0.3) is 0 Å². The number of hydrogen-bond acceptors (Lipinski definition) is 2. The molecule has 0 aromatic carbocycles. The molecule has 1 aliphatic heterocycles. The van der Waals surface area contributed by atoms with Crippen LogP contribution in [0.5, 0.6) is 0 Å². The van der Waals surface area contributed by atoms with E-state index in [1.807, 2.05) is 0 Å². The molecule has 0 bridgehead atoms. The second kappa shape index (κ2) is 3.06. The second-order valence-corrected chi connectivity index (χ2v) is 3.45. The number of piperidine rings is 1. The third-order valence-corrected chi connectivity index (χ3v) is 2.03. The van der Waals surface area contributed by atoms with Crippen molar-refractivity contribution in [3.8, 4) is 0 Å². The fraction of sp³-hybridized carbons (Fsp3) is 1.00. The van der Waals surface area contributed by atoms with Crippen LogP contribution in [-0.4, -0.2) is 17.0 Å². The normalized spacial score (nSPS) is 45.0. The summed E-state index contributed by atoms with van der Waals surface area (Å²) < 4.78 is 0. The standard InChI is InChI=1S/C5H10Cl2N2/c6-3-1-4(7)9-5(8)2-3/h3-5,9H,1-2,8H2. The van der Waals surface area contributed by atoms with Crippen LogP contribution in [0.25, 0.3) is 0 Å². The van der Waals surface area contributed by atoms with Crippen molar-refractivity contribution in [2.75, 3.05) is 0 Å². The van der Waals surface area contributed by atoms with E-state index in [2.05, 4.69) is 5.32 Å². The molecule has 54 valence electrons. The van der Waals surface area contributed by atoms with Gasteiger partial charge in [0.1, 0.15) is 0 Å². The van der Waals surface area contributed by atoms with Gasteiger partial charge in [-0.25, -0.2) is 0 Å². The summed E-state index contributed by atoms with van der Waals surface area (Å²) in [5.41, 5.74) is 5.49. The van der Waals surface area contributed by atoms with Gasteiger partial charge in [0, 0.05) is 5.38 Å². The molecule has 0 aliphatic carbocycles. The molecule has 9 heavy (non-hydrogen) atoms. The van der Waals surface area contributed by atoms with Gasteiger partial charge in [0.05, 0.1) is 11.7 Å². The molecular weight excluding hydrogens is 159 g/mol. The first-order valence-electron chi connectivity index (χ1n) is 2.98. The topological polar surface area (TPSA) is 38.0 Å². The molecule has 0 radical (unpaired) electrons. The molecule has 0 spiro atoms. The summed E-state index contributed by atoms with van der Waals surface area (Å²) >= 11 is 11.5. The first-order chi connectivity index (χ1) is 4.18. The molecule has 3 unspecified atom stereocenters. The van der Waals surface area contributed by atoms with E-state index in [0.29, 0.717) is 0 Å². The molecule has 0 saturated carbocycles. The van der Waals surface area contributed by atoms with Gasteiger partial charge in [0.15, 0.2) is 0 Å².